The fraction of sp³-hybridized carbons (Fsp3) is 0.412. The summed E-state index contributed by atoms with van der Waals surface area (Å²) in [7, 11) is 0. The first-order valence-electron chi connectivity index (χ1n) is 7.66. The standard InChI is InChI=1S/C17H21N3O/c1-2-13-6-3-4-8-15(13)17(21)20-11-5-7-14(12-20)16-9-10-18-19-16/h3-4,6,8-10,14H,2,5,7,11-12H2,1H3,(H,18,19)/t14-/m1/s1. The fourth-order valence-corrected chi connectivity index (χ4v) is 3.12. The number of rotatable bonds is 3. The van der Waals surface area contributed by atoms with Gasteiger partial charge in [-0.25, -0.2) is 0 Å². The molecule has 0 aliphatic carbocycles. The molecular formula is C17H21N3O. The lowest BCUT2D eigenvalue weighted by molar-refractivity contribution is 0.0705. The number of amides is 1. The summed E-state index contributed by atoms with van der Waals surface area (Å²) in [5.41, 5.74) is 3.12. The van der Waals surface area contributed by atoms with E-state index in [0.717, 1.165) is 49.2 Å². The van der Waals surface area contributed by atoms with E-state index < -0.39 is 0 Å². The molecule has 1 atom stereocenters. The maximum atomic E-state index is 12.8. The molecule has 2 heterocycles. The van der Waals surface area contributed by atoms with Gasteiger partial charge >= 0.3 is 0 Å². The molecule has 4 nitrogen and oxygen atoms in total. The second-order valence-electron chi connectivity index (χ2n) is 5.61. The summed E-state index contributed by atoms with van der Waals surface area (Å²) in [6, 6.07) is 9.95. The minimum absolute atomic E-state index is 0.164. The molecule has 3 rings (SSSR count). The zero-order valence-corrected chi connectivity index (χ0v) is 12.4. The monoisotopic (exact) mass is 283 g/mol. The smallest absolute Gasteiger partial charge is 0.254 e. The molecule has 1 amide bonds. The third-order valence-electron chi connectivity index (χ3n) is 4.30. The molecule has 1 aliphatic rings. The van der Waals surface area contributed by atoms with Gasteiger partial charge in [-0.05, 0) is 37.0 Å². The van der Waals surface area contributed by atoms with Crippen molar-refractivity contribution in [2.75, 3.05) is 13.1 Å². The molecule has 1 aromatic carbocycles. The topological polar surface area (TPSA) is 49.0 Å². The number of hydrogen-bond acceptors (Lipinski definition) is 2. The summed E-state index contributed by atoms with van der Waals surface area (Å²) < 4.78 is 0. The highest BCUT2D eigenvalue weighted by Crippen LogP contribution is 2.26. The minimum Gasteiger partial charge on any atom is -0.338 e. The molecule has 0 spiro atoms. The Labute approximate surface area is 125 Å². The summed E-state index contributed by atoms with van der Waals surface area (Å²) in [4.78, 5) is 14.8. The SMILES string of the molecule is CCc1ccccc1C(=O)N1CCC[C@@H](c2ccn[nH]2)C1. The van der Waals surface area contributed by atoms with E-state index in [0.29, 0.717) is 5.92 Å². The molecule has 0 bridgehead atoms. The Balaban J connectivity index is 1.78. The Morgan fingerprint density at radius 1 is 1.38 bits per heavy atom. The summed E-state index contributed by atoms with van der Waals surface area (Å²) in [5, 5.41) is 7.07. The van der Waals surface area contributed by atoms with Gasteiger partial charge in [0.2, 0.25) is 0 Å². The van der Waals surface area contributed by atoms with E-state index in [-0.39, 0.29) is 5.91 Å². The van der Waals surface area contributed by atoms with E-state index in [2.05, 4.69) is 17.1 Å². The number of nitrogens with one attached hydrogen (secondary N) is 1. The van der Waals surface area contributed by atoms with E-state index in [9.17, 15) is 4.79 Å². The van der Waals surface area contributed by atoms with Gasteiger partial charge in [0.05, 0.1) is 0 Å². The second-order valence-corrected chi connectivity index (χ2v) is 5.61. The highest BCUT2D eigenvalue weighted by molar-refractivity contribution is 5.95. The quantitative estimate of drug-likeness (QED) is 0.941. The van der Waals surface area contributed by atoms with Crippen molar-refractivity contribution in [2.24, 2.45) is 0 Å². The van der Waals surface area contributed by atoms with Gasteiger partial charge < -0.3 is 4.90 Å². The molecule has 110 valence electrons. The van der Waals surface area contributed by atoms with Crippen LogP contribution in [0.5, 0.6) is 0 Å². The fourth-order valence-electron chi connectivity index (χ4n) is 3.12. The number of aromatic amines is 1. The molecule has 0 radical (unpaired) electrons. The van der Waals surface area contributed by atoms with Gasteiger partial charge in [-0.3, -0.25) is 9.89 Å². The van der Waals surface area contributed by atoms with Crippen LogP contribution in [0.2, 0.25) is 0 Å². The number of carbonyl (C=O) groups excluding carboxylic acids is 1. The predicted molar refractivity (Wildman–Crippen MR) is 82.3 cm³/mol. The maximum Gasteiger partial charge on any atom is 0.254 e. The Morgan fingerprint density at radius 3 is 3.00 bits per heavy atom. The molecule has 2 aromatic rings. The highest BCUT2D eigenvalue weighted by Gasteiger charge is 2.26. The van der Waals surface area contributed by atoms with E-state index >= 15 is 0 Å². The molecule has 1 fully saturated rings. The zero-order valence-electron chi connectivity index (χ0n) is 12.4. The lowest BCUT2D eigenvalue weighted by Gasteiger charge is -2.32. The van der Waals surface area contributed by atoms with Gasteiger partial charge in [-0.1, -0.05) is 25.1 Å². The maximum absolute atomic E-state index is 12.8. The molecule has 1 saturated heterocycles. The predicted octanol–water partition coefficient (Wildman–Crippen LogP) is 2.99. The molecule has 21 heavy (non-hydrogen) atoms. The van der Waals surface area contributed by atoms with Gasteiger partial charge in [0.15, 0.2) is 0 Å². The van der Waals surface area contributed by atoms with Gasteiger partial charge in [-0.2, -0.15) is 5.10 Å². The summed E-state index contributed by atoms with van der Waals surface area (Å²) >= 11 is 0. The first-order chi connectivity index (χ1) is 10.3. The van der Waals surface area contributed by atoms with Crippen LogP contribution >= 0.6 is 0 Å². The van der Waals surface area contributed by atoms with Gasteiger partial charge in [0.25, 0.3) is 5.91 Å². The number of aryl methyl sites for hydroxylation is 1. The van der Waals surface area contributed by atoms with E-state index in [1.165, 1.54) is 0 Å². The molecule has 0 saturated carbocycles. The molecule has 0 unspecified atom stereocenters. The van der Waals surface area contributed by atoms with Crippen molar-refractivity contribution < 1.29 is 4.79 Å². The summed E-state index contributed by atoms with van der Waals surface area (Å²) in [5.74, 6) is 0.538. The second kappa shape index (κ2) is 6.12. The number of carbonyl (C=O) groups is 1. The summed E-state index contributed by atoms with van der Waals surface area (Å²) in [6.45, 7) is 3.72. The van der Waals surface area contributed by atoms with Crippen LogP contribution in [0, 0.1) is 0 Å². The Kier molecular flexibility index (Phi) is 4.04. The number of aromatic nitrogens is 2. The number of likely N-dealkylation sites (tertiary alicyclic amines) is 1. The highest BCUT2D eigenvalue weighted by atomic mass is 16.2. The van der Waals surface area contributed by atoms with Crippen molar-refractivity contribution in [1.29, 1.82) is 0 Å². The number of nitrogens with zero attached hydrogens (tertiary/aromatic N) is 2. The number of hydrogen-bond donors (Lipinski definition) is 1. The third-order valence-corrected chi connectivity index (χ3v) is 4.30. The van der Waals surface area contributed by atoms with Crippen LogP contribution in [0.15, 0.2) is 36.5 Å². The Morgan fingerprint density at radius 2 is 2.24 bits per heavy atom. The molecule has 1 N–H and O–H groups in total. The van der Waals surface area contributed by atoms with Crippen LogP contribution in [-0.2, 0) is 6.42 Å². The first kappa shape index (κ1) is 13.9. The van der Waals surface area contributed by atoms with Crippen LogP contribution in [0.25, 0.3) is 0 Å². The summed E-state index contributed by atoms with van der Waals surface area (Å²) in [6.07, 6.45) is 4.83. The van der Waals surface area contributed by atoms with E-state index in [4.69, 9.17) is 0 Å². The average Bonchev–Trinajstić information content (AvgIpc) is 3.09. The van der Waals surface area contributed by atoms with Crippen LogP contribution in [0.1, 0.15) is 47.3 Å². The van der Waals surface area contributed by atoms with Crippen LogP contribution in [0.3, 0.4) is 0 Å². The molecular weight excluding hydrogens is 262 g/mol. The van der Waals surface area contributed by atoms with E-state index in [1.807, 2.05) is 35.2 Å². The van der Waals surface area contributed by atoms with Crippen molar-refractivity contribution in [1.82, 2.24) is 15.1 Å². The minimum atomic E-state index is 0.164. The number of benzene rings is 1. The van der Waals surface area contributed by atoms with Gasteiger partial charge in [-0.15, -0.1) is 0 Å². The van der Waals surface area contributed by atoms with E-state index in [1.54, 1.807) is 6.20 Å². The average molecular weight is 283 g/mol. The van der Waals surface area contributed by atoms with Gasteiger partial charge in [0, 0.05) is 36.5 Å². The Hall–Kier alpha value is -2.10. The number of H-pyrrole nitrogens is 1. The van der Waals surface area contributed by atoms with Crippen LogP contribution < -0.4 is 0 Å². The first-order valence-corrected chi connectivity index (χ1v) is 7.66. The van der Waals surface area contributed by atoms with Crippen LogP contribution in [0.4, 0.5) is 0 Å². The zero-order chi connectivity index (χ0) is 14.7. The lowest BCUT2D eigenvalue weighted by atomic mass is 9.94. The van der Waals surface area contributed by atoms with Crippen molar-refractivity contribution in [3.05, 3.63) is 53.3 Å². The molecule has 4 heteroatoms. The lowest BCUT2D eigenvalue weighted by Crippen LogP contribution is -2.39. The molecule has 1 aromatic heterocycles. The Bertz CT molecular complexity index is 606. The third kappa shape index (κ3) is 2.84. The number of piperidine rings is 1. The molecule has 1 aliphatic heterocycles. The van der Waals surface area contributed by atoms with Crippen molar-refractivity contribution in [2.45, 2.75) is 32.1 Å². The largest absolute Gasteiger partial charge is 0.338 e. The normalized spacial score (nSPS) is 18.7. The van der Waals surface area contributed by atoms with Crippen molar-refractivity contribution in [3.8, 4) is 0 Å². The van der Waals surface area contributed by atoms with Crippen molar-refractivity contribution in [3.63, 3.8) is 0 Å². The van der Waals surface area contributed by atoms with Crippen molar-refractivity contribution >= 4 is 5.91 Å². The van der Waals surface area contributed by atoms with Gasteiger partial charge in [0.1, 0.15) is 0 Å². The van der Waals surface area contributed by atoms with Crippen LogP contribution in [-0.4, -0.2) is 34.1 Å².